The highest BCUT2D eigenvalue weighted by Gasteiger charge is 2.43. The van der Waals surface area contributed by atoms with E-state index >= 15 is 0 Å². The highest BCUT2D eigenvalue weighted by Crippen LogP contribution is 2.36. The summed E-state index contributed by atoms with van der Waals surface area (Å²) in [5.41, 5.74) is -3.99. The molecule has 0 N–H and O–H groups in total. The van der Waals surface area contributed by atoms with E-state index in [4.69, 9.17) is 4.74 Å². The van der Waals surface area contributed by atoms with Crippen LogP contribution in [0.2, 0.25) is 0 Å². The largest absolute Gasteiger partial charge is 0.456 e. The third-order valence-corrected chi connectivity index (χ3v) is 3.11. The molecule has 0 aromatic heterocycles. The first kappa shape index (κ1) is 17.4. The summed E-state index contributed by atoms with van der Waals surface area (Å²) in [7, 11) is 0. The minimum absolute atomic E-state index is 0.282. The molecule has 0 spiro atoms. The van der Waals surface area contributed by atoms with Crippen LogP contribution in [-0.4, -0.2) is 35.7 Å². The van der Waals surface area contributed by atoms with Crippen molar-refractivity contribution in [3.63, 3.8) is 0 Å². The van der Waals surface area contributed by atoms with Crippen molar-refractivity contribution in [2.24, 2.45) is 20.0 Å². The Morgan fingerprint density at radius 3 is 2.00 bits per heavy atom. The number of hydrogen-bond donors (Lipinski definition) is 0. The Kier molecular flexibility index (Phi) is 5.23. The number of nitrogens with zero attached hydrogens (tertiary/aromatic N) is 4. The first-order valence-corrected chi connectivity index (χ1v) is 6.66. The minimum Gasteiger partial charge on any atom is -0.456 e. The standard InChI is InChI=1S/C16H8N4O5/c21-9-17-14-8-15(18-10-22,19-11-23)6-7-16(14,20-12-24)25-13-4-2-1-3-5-13/h1-8H. The third kappa shape index (κ3) is 3.68. The van der Waals surface area contributed by atoms with E-state index < -0.39 is 11.4 Å². The second kappa shape index (κ2) is 7.53. The molecule has 1 aromatic rings. The summed E-state index contributed by atoms with van der Waals surface area (Å²) < 4.78 is 5.66. The van der Waals surface area contributed by atoms with Crippen LogP contribution in [0, 0.1) is 0 Å². The maximum atomic E-state index is 10.9. The molecule has 1 unspecified atom stereocenters. The van der Waals surface area contributed by atoms with Gasteiger partial charge in [0.2, 0.25) is 30.0 Å². The Balaban J connectivity index is 2.66. The molecule has 0 aliphatic heterocycles. The lowest BCUT2D eigenvalue weighted by Crippen LogP contribution is -2.39. The van der Waals surface area contributed by atoms with Crippen molar-refractivity contribution in [3.05, 3.63) is 54.3 Å². The van der Waals surface area contributed by atoms with Crippen LogP contribution in [-0.2, 0) is 19.2 Å². The Hall–Kier alpha value is -3.98. The molecule has 2 rings (SSSR count). The van der Waals surface area contributed by atoms with Gasteiger partial charge in [-0.05, 0) is 30.4 Å². The maximum Gasteiger partial charge on any atom is 0.274 e. The molecule has 9 nitrogen and oxygen atoms in total. The Labute approximate surface area is 140 Å². The van der Waals surface area contributed by atoms with Gasteiger partial charge in [0, 0.05) is 0 Å². The van der Waals surface area contributed by atoms with Gasteiger partial charge in [-0.2, -0.15) is 15.0 Å². The van der Waals surface area contributed by atoms with Crippen LogP contribution < -0.4 is 4.74 Å². The molecule has 0 heterocycles. The lowest BCUT2D eigenvalue weighted by Gasteiger charge is -2.31. The molecule has 1 aromatic carbocycles. The summed E-state index contributed by atoms with van der Waals surface area (Å²) in [5.74, 6) is 0.295. The molecule has 0 fully saturated rings. The Bertz CT molecular complexity index is 895. The van der Waals surface area contributed by atoms with E-state index in [1.165, 1.54) is 24.3 Å². The van der Waals surface area contributed by atoms with Gasteiger partial charge >= 0.3 is 0 Å². The van der Waals surface area contributed by atoms with Gasteiger partial charge in [0.15, 0.2) is 0 Å². The van der Waals surface area contributed by atoms with Crippen molar-refractivity contribution < 1.29 is 23.9 Å². The van der Waals surface area contributed by atoms with E-state index in [1.54, 1.807) is 30.3 Å². The van der Waals surface area contributed by atoms with Crippen LogP contribution in [0.25, 0.3) is 0 Å². The summed E-state index contributed by atoms with van der Waals surface area (Å²) in [6.07, 6.45) is 8.45. The minimum atomic E-state index is -1.87. The van der Waals surface area contributed by atoms with E-state index in [9.17, 15) is 19.2 Å². The van der Waals surface area contributed by atoms with Gasteiger partial charge in [-0.25, -0.2) is 19.2 Å². The van der Waals surface area contributed by atoms with E-state index in [0.717, 1.165) is 18.2 Å². The number of hydrogen-bond acceptors (Lipinski definition) is 9. The maximum absolute atomic E-state index is 10.9. The second-order valence-electron chi connectivity index (χ2n) is 4.57. The highest BCUT2D eigenvalue weighted by atomic mass is 16.5. The first-order chi connectivity index (χ1) is 12.1. The fourth-order valence-electron chi connectivity index (χ4n) is 2.09. The number of para-hydroxylation sites is 1. The lowest BCUT2D eigenvalue weighted by molar-refractivity contribution is 0.162. The summed E-state index contributed by atoms with van der Waals surface area (Å²) >= 11 is 0. The highest BCUT2D eigenvalue weighted by molar-refractivity contribution is 5.52. The quantitative estimate of drug-likeness (QED) is 0.439. The predicted molar refractivity (Wildman–Crippen MR) is 82.2 cm³/mol. The molecule has 0 radical (unpaired) electrons. The number of benzene rings is 1. The fraction of sp³-hybridized carbons (Fsp3) is 0.125. The number of carbonyl (C=O) groups excluding carboxylic acids is 4. The molecule has 25 heavy (non-hydrogen) atoms. The molecule has 0 saturated carbocycles. The summed E-state index contributed by atoms with van der Waals surface area (Å²) in [6.45, 7) is 0. The Morgan fingerprint density at radius 1 is 0.800 bits per heavy atom. The van der Waals surface area contributed by atoms with Crippen molar-refractivity contribution in [1.82, 2.24) is 0 Å². The SMILES string of the molecule is O=C=NC1=CC(N=C=O)(N=C=O)C=CC1(N=C=O)Oc1ccccc1. The van der Waals surface area contributed by atoms with Crippen LogP contribution >= 0.6 is 0 Å². The summed E-state index contributed by atoms with van der Waals surface area (Å²) in [4.78, 5) is 56.7. The van der Waals surface area contributed by atoms with Crippen LogP contribution in [0.1, 0.15) is 0 Å². The average Bonchev–Trinajstić information content (AvgIpc) is 2.60. The van der Waals surface area contributed by atoms with Crippen LogP contribution in [0.4, 0.5) is 0 Å². The number of isocyanates is 4. The zero-order valence-electron chi connectivity index (χ0n) is 12.4. The van der Waals surface area contributed by atoms with Crippen molar-refractivity contribution in [3.8, 4) is 5.75 Å². The van der Waals surface area contributed by atoms with Crippen LogP contribution in [0.15, 0.2) is 74.2 Å². The van der Waals surface area contributed by atoms with E-state index in [1.807, 2.05) is 0 Å². The molecule has 9 heteroatoms. The van der Waals surface area contributed by atoms with Gasteiger partial charge < -0.3 is 4.74 Å². The zero-order chi connectivity index (χ0) is 18.2. The zero-order valence-corrected chi connectivity index (χ0v) is 12.4. The molecule has 0 amide bonds. The number of rotatable bonds is 6. The van der Waals surface area contributed by atoms with E-state index in [0.29, 0.717) is 5.75 Å². The van der Waals surface area contributed by atoms with Gasteiger partial charge in [-0.3, -0.25) is 0 Å². The van der Waals surface area contributed by atoms with Gasteiger partial charge in [0.25, 0.3) is 5.72 Å². The van der Waals surface area contributed by atoms with Gasteiger partial charge in [-0.15, -0.1) is 4.99 Å². The summed E-state index contributed by atoms with van der Waals surface area (Å²) in [5, 5.41) is 0. The number of aliphatic imine (C=N–C) groups is 4. The van der Waals surface area contributed by atoms with Gasteiger partial charge in [-0.1, -0.05) is 18.2 Å². The molecule has 1 aliphatic carbocycles. The van der Waals surface area contributed by atoms with Crippen LogP contribution in [0.5, 0.6) is 5.75 Å². The smallest absolute Gasteiger partial charge is 0.274 e. The molecular formula is C16H8N4O5. The molecule has 1 atom stereocenters. The molecule has 1 aliphatic rings. The molecule has 0 saturated heterocycles. The molecule has 0 bridgehead atoms. The molecule has 122 valence electrons. The van der Waals surface area contributed by atoms with Gasteiger partial charge in [0.1, 0.15) is 11.4 Å². The first-order valence-electron chi connectivity index (χ1n) is 6.66. The predicted octanol–water partition coefficient (Wildman–Crippen LogP) is 1.25. The summed E-state index contributed by atoms with van der Waals surface area (Å²) in [6, 6.07) is 8.23. The normalized spacial score (nSPS) is 23.6. The van der Waals surface area contributed by atoms with Crippen molar-refractivity contribution in [2.45, 2.75) is 11.4 Å². The number of ether oxygens (including phenoxy) is 1. The van der Waals surface area contributed by atoms with Gasteiger partial charge in [0.05, 0.1) is 0 Å². The lowest BCUT2D eigenvalue weighted by atomic mass is 9.96. The molecular weight excluding hydrogens is 328 g/mol. The van der Waals surface area contributed by atoms with Crippen molar-refractivity contribution >= 4 is 24.3 Å². The van der Waals surface area contributed by atoms with E-state index in [2.05, 4.69) is 20.0 Å². The fourth-order valence-corrected chi connectivity index (χ4v) is 2.09. The van der Waals surface area contributed by atoms with Crippen LogP contribution in [0.3, 0.4) is 0 Å². The van der Waals surface area contributed by atoms with E-state index in [-0.39, 0.29) is 5.70 Å². The Morgan fingerprint density at radius 2 is 1.44 bits per heavy atom. The third-order valence-electron chi connectivity index (χ3n) is 3.11. The topological polar surface area (TPSA) is 127 Å². The van der Waals surface area contributed by atoms with Crippen molar-refractivity contribution in [1.29, 1.82) is 0 Å². The average molecular weight is 336 g/mol. The monoisotopic (exact) mass is 336 g/mol. The second-order valence-corrected chi connectivity index (χ2v) is 4.57. The van der Waals surface area contributed by atoms with Crippen molar-refractivity contribution in [2.75, 3.05) is 0 Å².